The van der Waals surface area contributed by atoms with Gasteiger partial charge in [-0.05, 0) is 31.1 Å². The molecule has 0 aromatic heterocycles. The Balaban J connectivity index is 1.90. The number of rotatable bonds is 0. The molecule has 0 radical (unpaired) electrons. The summed E-state index contributed by atoms with van der Waals surface area (Å²) in [6, 6.07) is -0.309. The Labute approximate surface area is 82.4 Å². The number of fused-ring (bicyclic) bond motifs is 2. The molecule has 2 saturated carbocycles. The van der Waals surface area contributed by atoms with Crippen molar-refractivity contribution < 1.29 is 9.59 Å². The van der Waals surface area contributed by atoms with E-state index >= 15 is 0 Å². The van der Waals surface area contributed by atoms with Crippen molar-refractivity contribution in [2.45, 2.75) is 37.6 Å². The second-order valence-corrected chi connectivity index (χ2v) is 4.94. The minimum Gasteiger partial charge on any atom is -0.323 e. The molecule has 0 aromatic rings. The molecule has 1 aliphatic heterocycles. The van der Waals surface area contributed by atoms with E-state index in [0.29, 0.717) is 11.8 Å². The van der Waals surface area contributed by atoms with E-state index in [4.69, 9.17) is 0 Å². The minimum atomic E-state index is -0.541. The van der Waals surface area contributed by atoms with Gasteiger partial charge in [0.2, 0.25) is 0 Å². The van der Waals surface area contributed by atoms with E-state index < -0.39 is 5.54 Å². The molecule has 2 aliphatic carbocycles. The molecule has 3 fully saturated rings. The van der Waals surface area contributed by atoms with Crippen LogP contribution in [0.3, 0.4) is 0 Å². The van der Waals surface area contributed by atoms with E-state index in [9.17, 15) is 9.59 Å². The predicted octanol–water partition coefficient (Wildman–Crippen LogP) is 0.775. The maximum absolute atomic E-state index is 11.7. The van der Waals surface area contributed by atoms with Crippen LogP contribution >= 0.6 is 0 Å². The first kappa shape index (κ1) is 8.26. The number of hydrogen-bond donors (Lipinski definition) is 2. The molecule has 76 valence electrons. The monoisotopic (exact) mass is 194 g/mol. The van der Waals surface area contributed by atoms with Gasteiger partial charge in [0.05, 0.1) is 0 Å². The van der Waals surface area contributed by atoms with E-state index in [1.54, 1.807) is 0 Å². The third-order valence-corrected chi connectivity index (χ3v) is 3.94. The van der Waals surface area contributed by atoms with Gasteiger partial charge in [-0.2, -0.15) is 0 Å². The fourth-order valence-electron chi connectivity index (χ4n) is 3.43. The summed E-state index contributed by atoms with van der Waals surface area (Å²) >= 11 is 0. The second-order valence-electron chi connectivity index (χ2n) is 4.94. The lowest BCUT2D eigenvalue weighted by atomic mass is 9.75. The van der Waals surface area contributed by atoms with Crippen molar-refractivity contribution in [1.82, 2.24) is 10.6 Å². The Morgan fingerprint density at radius 2 is 1.79 bits per heavy atom. The van der Waals surface area contributed by atoms with Crippen LogP contribution in [-0.4, -0.2) is 17.5 Å². The molecule has 14 heavy (non-hydrogen) atoms. The average molecular weight is 194 g/mol. The molecular weight excluding hydrogens is 180 g/mol. The van der Waals surface area contributed by atoms with Crippen LogP contribution in [0, 0.1) is 11.8 Å². The smallest absolute Gasteiger partial charge is 0.322 e. The highest BCUT2D eigenvalue weighted by atomic mass is 16.2. The normalized spacial score (nSPS) is 45.4. The van der Waals surface area contributed by atoms with Gasteiger partial charge in [0.15, 0.2) is 0 Å². The number of hydrogen-bond acceptors (Lipinski definition) is 2. The van der Waals surface area contributed by atoms with Crippen molar-refractivity contribution in [3.8, 4) is 0 Å². The number of amides is 3. The molecule has 1 unspecified atom stereocenters. The van der Waals surface area contributed by atoms with Gasteiger partial charge in [0, 0.05) is 0 Å². The van der Waals surface area contributed by atoms with Crippen molar-refractivity contribution >= 4 is 11.9 Å². The molecule has 1 spiro atoms. The summed E-state index contributed by atoms with van der Waals surface area (Å²) in [5.74, 6) is 1.20. The predicted molar refractivity (Wildman–Crippen MR) is 49.5 cm³/mol. The quantitative estimate of drug-likeness (QED) is 0.560. The number of carbonyl (C=O) groups excluding carboxylic acids is 2. The Morgan fingerprint density at radius 1 is 1.14 bits per heavy atom. The Bertz CT molecular complexity index is 301. The SMILES string of the molecule is O=C1NC(=O)C2(C[C@@H]3CC[C@@H](C3)C2)N1. The van der Waals surface area contributed by atoms with Crippen LogP contribution in [0.2, 0.25) is 0 Å². The van der Waals surface area contributed by atoms with E-state index in [0.717, 1.165) is 12.8 Å². The first-order valence-electron chi connectivity index (χ1n) is 5.31. The average Bonchev–Trinajstić information content (AvgIpc) is 2.56. The molecule has 1 saturated heterocycles. The standard InChI is InChI=1S/C10H14N2O2/c13-8-10(12-9(14)11-8)4-6-1-2-7(3-6)5-10/h6-7H,1-5H2,(H2,11,12,13,14)/t6-,7+,10?. The molecule has 4 nitrogen and oxygen atoms in total. The van der Waals surface area contributed by atoms with Gasteiger partial charge >= 0.3 is 6.03 Å². The summed E-state index contributed by atoms with van der Waals surface area (Å²) in [6.45, 7) is 0. The van der Waals surface area contributed by atoms with Crippen LogP contribution in [0.15, 0.2) is 0 Å². The zero-order chi connectivity index (χ0) is 9.76. The molecule has 3 atom stereocenters. The van der Waals surface area contributed by atoms with Crippen molar-refractivity contribution in [2.75, 3.05) is 0 Å². The minimum absolute atomic E-state index is 0.0981. The van der Waals surface area contributed by atoms with Gasteiger partial charge in [0.25, 0.3) is 5.91 Å². The largest absolute Gasteiger partial charge is 0.323 e. The van der Waals surface area contributed by atoms with E-state index in [1.165, 1.54) is 19.3 Å². The van der Waals surface area contributed by atoms with Crippen molar-refractivity contribution in [3.63, 3.8) is 0 Å². The highest BCUT2D eigenvalue weighted by molar-refractivity contribution is 6.07. The van der Waals surface area contributed by atoms with Gasteiger partial charge in [0.1, 0.15) is 5.54 Å². The van der Waals surface area contributed by atoms with Crippen LogP contribution in [-0.2, 0) is 4.79 Å². The third-order valence-electron chi connectivity index (χ3n) is 3.94. The van der Waals surface area contributed by atoms with Crippen molar-refractivity contribution in [3.05, 3.63) is 0 Å². The Morgan fingerprint density at radius 3 is 2.29 bits per heavy atom. The van der Waals surface area contributed by atoms with Gasteiger partial charge in [-0.15, -0.1) is 0 Å². The van der Waals surface area contributed by atoms with Crippen LogP contribution in [0.4, 0.5) is 4.79 Å². The molecule has 3 aliphatic rings. The highest BCUT2D eigenvalue weighted by Gasteiger charge is 2.52. The van der Waals surface area contributed by atoms with E-state index in [1.807, 2.05) is 0 Å². The Kier molecular flexibility index (Phi) is 1.47. The summed E-state index contributed by atoms with van der Waals surface area (Å²) in [5.41, 5.74) is -0.541. The summed E-state index contributed by atoms with van der Waals surface area (Å²) in [6.07, 6.45) is 5.41. The summed E-state index contributed by atoms with van der Waals surface area (Å²) in [4.78, 5) is 22.8. The third kappa shape index (κ3) is 0.996. The fraction of sp³-hybridized carbons (Fsp3) is 0.800. The van der Waals surface area contributed by atoms with Crippen LogP contribution in [0.5, 0.6) is 0 Å². The molecule has 1 heterocycles. The molecule has 3 amide bonds. The molecule has 3 rings (SSSR count). The first-order chi connectivity index (χ1) is 6.68. The molecule has 2 bridgehead atoms. The van der Waals surface area contributed by atoms with Gasteiger partial charge in [-0.25, -0.2) is 4.79 Å². The van der Waals surface area contributed by atoms with Crippen molar-refractivity contribution in [1.29, 1.82) is 0 Å². The Hall–Kier alpha value is -1.06. The lowest BCUT2D eigenvalue weighted by Gasteiger charge is -2.34. The van der Waals surface area contributed by atoms with Gasteiger partial charge < -0.3 is 5.32 Å². The van der Waals surface area contributed by atoms with Crippen molar-refractivity contribution in [2.24, 2.45) is 11.8 Å². The van der Waals surface area contributed by atoms with Crippen LogP contribution in [0.25, 0.3) is 0 Å². The lowest BCUT2D eigenvalue weighted by Crippen LogP contribution is -2.50. The number of imide groups is 1. The van der Waals surface area contributed by atoms with E-state index in [2.05, 4.69) is 10.6 Å². The number of urea groups is 1. The number of carbonyl (C=O) groups is 2. The first-order valence-corrected chi connectivity index (χ1v) is 5.31. The van der Waals surface area contributed by atoms with Crippen LogP contribution in [0.1, 0.15) is 32.1 Å². The lowest BCUT2D eigenvalue weighted by molar-refractivity contribution is -0.125. The molecular formula is C10H14N2O2. The topological polar surface area (TPSA) is 58.2 Å². The second kappa shape index (κ2) is 2.49. The fourth-order valence-corrected chi connectivity index (χ4v) is 3.43. The van der Waals surface area contributed by atoms with Crippen LogP contribution < -0.4 is 10.6 Å². The maximum Gasteiger partial charge on any atom is 0.322 e. The zero-order valence-electron chi connectivity index (χ0n) is 8.01. The summed E-state index contributed by atoms with van der Waals surface area (Å²) in [7, 11) is 0. The highest BCUT2D eigenvalue weighted by Crippen LogP contribution is 2.47. The van der Waals surface area contributed by atoms with Gasteiger partial charge in [-0.3, -0.25) is 10.1 Å². The molecule has 2 N–H and O–H groups in total. The van der Waals surface area contributed by atoms with E-state index in [-0.39, 0.29) is 11.9 Å². The number of nitrogens with one attached hydrogen (secondary N) is 2. The van der Waals surface area contributed by atoms with Gasteiger partial charge in [-0.1, -0.05) is 12.8 Å². The zero-order valence-corrected chi connectivity index (χ0v) is 8.01. The maximum atomic E-state index is 11.7. The summed E-state index contributed by atoms with van der Waals surface area (Å²) < 4.78 is 0. The molecule has 0 aromatic carbocycles. The summed E-state index contributed by atoms with van der Waals surface area (Å²) in [5, 5.41) is 5.18. The molecule has 4 heteroatoms.